The standard InChI is InChI=1S/C23H21BrN2O3S/c1-29-21-9-5-2-6-17(21)22(28)26-19-8-4-3-7-18(19)25-23(26)30-14-20(27)15-10-12-16(24)13-11-15/h2,5-6,9-13H,3-4,7-8,14H2,1H3. The van der Waals surface area contributed by atoms with Gasteiger partial charge in [0.1, 0.15) is 5.75 Å². The lowest BCUT2D eigenvalue weighted by atomic mass is 10.0. The molecule has 1 aliphatic rings. The van der Waals surface area contributed by atoms with Crippen LogP contribution in [0.15, 0.2) is 58.2 Å². The van der Waals surface area contributed by atoms with Crippen LogP contribution in [-0.2, 0) is 12.8 Å². The first kappa shape index (κ1) is 20.9. The van der Waals surface area contributed by atoms with Crippen molar-refractivity contribution >= 4 is 39.4 Å². The fourth-order valence-corrected chi connectivity index (χ4v) is 4.80. The molecule has 0 atom stereocenters. The summed E-state index contributed by atoms with van der Waals surface area (Å²) in [5.74, 6) is 0.589. The van der Waals surface area contributed by atoms with Gasteiger partial charge >= 0.3 is 0 Å². The smallest absolute Gasteiger partial charge is 0.267 e. The van der Waals surface area contributed by atoms with Gasteiger partial charge in [0.05, 0.1) is 24.1 Å². The molecular weight excluding hydrogens is 464 g/mol. The number of carbonyl (C=O) groups excluding carboxylic acids is 2. The lowest BCUT2D eigenvalue weighted by molar-refractivity contribution is 0.0941. The monoisotopic (exact) mass is 484 g/mol. The van der Waals surface area contributed by atoms with Crippen molar-refractivity contribution in [3.05, 3.63) is 75.5 Å². The molecule has 154 valence electrons. The Hall–Kier alpha value is -2.38. The van der Waals surface area contributed by atoms with Crippen LogP contribution in [0.3, 0.4) is 0 Å². The van der Waals surface area contributed by atoms with E-state index in [1.165, 1.54) is 11.8 Å². The number of ether oxygens (including phenoxy) is 1. The first-order valence-corrected chi connectivity index (χ1v) is 11.6. The molecule has 30 heavy (non-hydrogen) atoms. The van der Waals surface area contributed by atoms with Crippen LogP contribution in [0.1, 0.15) is 44.9 Å². The number of carbonyl (C=O) groups is 2. The van der Waals surface area contributed by atoms with Crippen LogP contribution in [-0.4, -0.2) is 34.1 Å². The number of benzene rings is 2. The number of fused-ring (bicyclic) bond motifs is 1. The second kappa shape index (κ2) is 9.18. The van der Waals surface area contributed by atoms with Crippen molar-refractivity contribution < 1.29 is 14.3 Å². The Morgan fingerprint density at radius 1 is 1.10 bits per heavy atom. The number of methoxy groups -OCH3 is 1. The molecule has 5 nitrogen and oxygen atoms in total. The number of Topliss-reactive ketones (excluding diaryl/α,β-unsaturated/α-hetero) is 1. The number of nitrogens with zero attached hydrogens (tertiary/aromatic N) is 2. The molecule has 1 aliphatic carbocycles. The number of para-hydroxylation sites is 1. The number of thioether (sulfide) groups is 1. The number of imidazole rings is 1. The summed E-state index contributed by atoms with van der Waals surface area (Å²) in [5, 5.41) is 0.572. The summed E-state index contributed by atoms with van der Waals surface area (Å²) in [4.78, 5) is 30.9. The van der Waals surface area contributed by atoms with Crippen molar-refractivity contribution in [2.45, 2.75) is 30.8 Å². The summed E-state index contributed by atoms with van der Waals surface area (Å²) in [6.45, 7) is 0. The van der Waals surface area contributed by atoms with Gasteiger partial charge in [-0.25, -0.2) is 4.98 Å². The van der Waals surface area contributed by atoms with Gasteiger partial charge in [-0.1, -0.05) is 52.0 Å². The summed E-state index contributed by atoms with van der Waals surface area (Å²) in [7, 11) is 1.56. The first-order chi connectivity index (χ1) is 14.6. The maximum atomic E-state index is 13.5. The second-order valence-electron chi connectivity index (χ2n) is 7.05. The minimum absolute atomic E-state index is 0.00441. The Kier molecular flexibility index (Phi) is 6.39. The summed E-state index contributed by atoms with van der Waals surface area (Å²) in [6, 6.07) is 14.5. The van der Waals surface area contributed by atoms with Crippen LogP contribution in [0.5, 0.6) is 5.75 Å². The van der Waals surface area contributed by atoms with Crippen molar-refractivity contribution in [1.29, 1.82) is 0 Å². The third-order valence-electron chi connectivity index (χ3n) is 5.14. The molecule has 0 amide bonds. The highest BCUT2D eigenvalue weighted by Crippen LogP contribution is 2.30. The fraction of sp³-hybridized carbons (Fsp3) is 0.261. The largest absolute Gasteiger partial charge is 0.496 e. The molecule has 0 unspecified atom stereocenters. The number of halogens is 1. The Morgan fingerprint density at radius 3 is 2.60 bits per heavy atom. The normalized spacial score (nSPS) is 13.0. The predicted octanol–water partition coefficient (Wildman–Crippen LogP) is 5.20. The van der Waals surface area contributed by atoms with E-state index in [1.807, 2.05) is 24.3 Å². The lowest BCUT2D eigenvalue weighted by Gasteiger charge is -2.15. The van der Waals surface area contributed by atoms with Crippen molar-refractivity contribution in [1.82, 2.24) is 9.55 Å². The Morgan fingerprint density at radius 2 is 1.83 bits per heavy atom. The van der Waals surface area contributed by atoms with E-state index >= 15 is 0 Å². The molecule has 7 heteroatoms. The molecule has 0 bridgehead atoms. The maximum Gasteiger partial charge on any atom is 0.267 e. The topological polar surface area (TPSA) is 61.2 Å². The Labute approximate surface area is 188 Å². The van der Waals surface area contributed by atoms with Crippen LogP contribution in [0.25, 0.3) is 0 Å². The third kappa shape index (κ3) is 4.23. The second-order valence-corrected chi connectivity index (χ2v) is 8.91. The first-order valence-electron chi connectivity index (χ1n) is 9.78. The zero-order valence-corrected chi connectivity index (χ0v) is 19.0. The average Bonchev–Trinajstić information content (AvgIpc) is 3.15. The highest BCUT2D eigenvalue weighted by atomic mass is 79.9. The predicted molar refractivity (Wildman–Crippen MR) is 121 cm³/mol. The van der Waals surface area contributed by atoms with Gasteiger partial charge in [-0.15, -0.1) is 0 Å². The van der Waals surface area contributed by atoms with E-state index in [1.54, 1.807) is 35.9 Å². The number of aryl methyl sites for hydroxylation is 1. The average molecular weight is 485 g/mol. The number of aromatic nitrogens is 2. The van der Waals surface area contributed by atoms with Gasteiger partial charge < -0.3 is 4.74 Å². The summed E-state index contributed by atoms with van der Waals surface area (Å²) in [5.41, 5.74) is 3.05. The van der Waals surface area contributed by atoms with Crippen molar-refractivity contribution in [2.75, 3.05) is 12.9 Å². The number of hydrogen-bond donors (Lipinski definition) is 0. The molecule has 0 radical (unpaired) electrons. The summed E-state index contributed by atoms with van der Waals surface area (Å²) < 4.78 is 8.01. The molecule has 0 spiro atoms. The number of rotatable bonds is 6. The van der Waals surface area contributed by atoms with Gasteiger partial charge in [0.15, 0.2) is 10.9 Å². The van der Waals surface area contributed by atoms with Crippen LogP contribution >= 0.6 is 27.7 Å². The van der Waals surface area contributed by atoms with Crippen LogP contribution in [0.2, 0.25) is 0 Å². The van der Waals surface area contributed by atoms with Gasteiger partial charge in [-0.2, -0.15) is 0 Å². The number of hydrogen-bond acceptors (Lipinski definition) is 5. The van der Waals surface area contributed by atoms with Gasteiger partial charge in [-0.05, 0) is 49.9 Å². The van der Waals surface area contributed by atoms with E-state index in [0.29, 0.717) is 22.0 Å². The van der Waals surface area contributed by atoms with E-state index in [0.717, 1.165) is 41.5 Å². The molecular formula is C23H21BrN2O3S. The zero-order chi connectivity index (χ0) is 21.1. The van der Waals surface area contributed by atoms with Crippen molar-refractivity contribution in [3.8, 4) is 5.75 Å². The molecule has 0 fully saturated rings. The van der Waals surface area contributed by atoms with Gasteiger partial charge in [0.2, 0.25) is 0 Å². The van der Waals surface area contributed by atoms with E-state index in [2.05, 4.69) is 15.9 Å². The van der Waals surface area contributed by atoms with E-state index in [4.69, 9.17) is 9.72 Å². The van der Waals surface area contributed by atoms with E-state index in [-0.39, 0.29) is 17.4 Å². The minimum atomic E-state index is -0.165. The van der Waals surface area contributed by atoms with Gasteiger partial charge in [-0.3, -0.25) is 14.2 Å². The van der Waals surface area contributed by atoms with Crippen LogP contribution in [0.4, 0.5) is 0 Å². The Balaban J connectivity index is 1.65. The number of ketones is 1. The zero-order valence-electron chi connectivity index (χ0n) is 16.6. The van der Waals surface area contributed by atoms with Crippen molar-refractivity contribution in [3.63, 3.8) is 0 Å². The highest BCUT2D eigenvalue weighted by Gasteiger charge is 2.27. The SMILES string of the molecule is COc1ccccc1C(=O)n1c(SCC(=O)c2ccc(Br)cc2)nc2c1CCCC2. The molecule has 0 saturated heterocycles. The molecule has 1 heterocycles. The maximum absolute atomic E-state index is 13.5. The van der Waals surface area contributed by atoms with E-state index < -0.39 is 0 Å². The molecule has 3 aromatic rings. The Bertz CT molecular complexity index is 1090. The summed E-state index contributed by atoms with van der Waals surface area (Å²) in [6.07, 6.45) is 3.76. The highest BCUT2D eigenvalue weighted by molar-refractivity contribution is 9.10. The molecule has 0 aliphatic heterocycles. The van der Waals surface area contributed by atoms with Crippen LogP contribution in [0, 0.1) is 0 Å². The molecule has 2 aromatic carbocycles. The molecule has 4 rings (SSSR count). The quantitative estimate of drug-likeness (QED) is 0.355. The molecule has 0 N–H and O–H groups in total. The summed E-state index contributed by atoms with van der Waals surface area (Å²) >= 11 is 4.70. The molecule has 1 aromatic heterocycles. The lowest BCUT2D eigenvalue weighted by Crippen LogP contribution is -2.19. The third-order valence-corrected chi connectivity index (χ3v) is 6.61. The fourth-order valence-electron chi connectivity index (χ4n) is 3.61. The molecule has 0 saturated carbocycles. The van der Waals surface area contributed by atoms with Crippen molar-refractivity contribution in [2.24, 2.45) is 0 Å². The minimum Gasteiger partial charge on any atom is -0.496 e. The van der Waals surface area contributed by atoms with E-state index in [9.17, 15) is 9.59 Å². The van der Waals surface area contributed by atoms with Gasteiger partial charge in [0, 0.05) is 15.7 Å². The van der Waals surface area contributed by atoms with Crippen LogP contribution < -0.4 is 4.74 Å². The van der Waals surface area contributed by atoms with Gasteiger partial charge in [0.25, 0.3) is 5.91 Å².